The molecule has 260 valence electrons. The van der Waals surface area contributed by atoms with E-state index >= 15 is 0 Å². The molecule has 1 aliphatic carbocycles. The molecule has 0 unspecified atom stereocenters. The van der Waals surface area contributed by atoms with Gasteiger partial charge in [0, 0.05) is 33.1 Å². The molecule has 0 N–H and O–H groups in total. The van der Waals surface area contributed by atoms with E-state index in [1.807, 2.05) is 12.1 Å². The van der Waals surface area contributed by atoms with Crippen LogP contribution < -0.4 is 4.90 Å². The maximum absolute atomic E-state index is 6.27. The minimum Gasteiger partial charge on any atom is -0.456 e. The van der Waals surface area contributed by atoms with Crippen molar-refractivity contribution in [1.82, 2.24) is 0 Å². The molecular formula is C53H37NO. The molecule has 2 heteroatoms. The first-order valence-electron chi connectivity index (χ1n) is 19.1. The van der Waals surface area contributed by atoms with E-state index in [0.717, 1.165) is 33.3 Å². The van der Waals surface area contributed by atoms with Gasteiger partial charge in [-0.1, -0.05) is 141 Å². The van der Waals surface area contributed by atoms with E-state index in [9.17, 15) is 0 Å². The molecule has 0 radical (unpaired) electrons. The Morgan fingerprint density at radius 1 is 0.400 bits per heavy atom. The third-order valence-corrected chi connectivity index (χ3v) is 11.8. The van der Waals surface area contributed by atoms with Crippen LogP contribution in [0.15, 0.2) is 192 Å². The van der Waals surface area contributed by atoms with Gasteiger partial charge >= 0.3 is 0 Å². The summed E-state index contributed by atoms with van der Waals surface area (Å²) in [7, 11) is 0. The van der Waals surface area contributed by atoms with Gasteiger partial charge < -0.3 is 9.32 Å². The second-order valence-electron chi connectivity index (χ2n) is 15.4. The van der Waals surface area contributed by atoms with Crippen LogP contribution >= 0.6 is 0 Å². The van der Waals surface area contributed by atoms with Gasteiger partial charge in [-0.05, 0) is 121 Å². The summed E-state index contributed by atoms with van der Waals surface area (Å²) in [6.45, 7) is 4.69. The summed E-state index contributed by atoms with van der Waals surface area (Å²) < 4.78 is 6.27. The number of benzene rings is 9. The summed E-state index contributed by atoms with van der Waals surface area (Å²) >= 11 is 0. The van der Waals surface area contributed by atoms with Crippen molar-refractivity contribution in [2.75, 3.05) is 4.90 Å². The zero-order chi connectivity index (χ0) is 36.7. The van der Waals surface area contributed by atoms with E-state index in [1.54, 1.807) is 0 Å². The second kappa shape index (κ2) is 12.1. The molecule has 0 aliphatic heterocycles. The summed E-state index contributed by atoms with van der Waals surface area (Å²) in [5.41, 5.74) is 15.2. The van der Waals surface area contributed by atoms with Crippen molar-refractivity contribution in [1.29, 1.82) is 0 Å². The SMILES string of the molecule is CC1(C)c2ccccc2-c2c(N(c3ccc(-c4ccc5cc(-c6ccc7ccccc7c6)ccc5c4)cc3)c3ccc4oc5ccccc5c4c3)cccc21. The average molecular weight is 704 g/mol. The van der Waals surface area contributed by atoms with Crippen LogP contribution in [0.4, 0.5) is 17.1 Å². The summed E-state index contributed by atoms with van der Waals surface area (Å²) in [4.78, 5) is 2.43. The topological polar surface area (TPSA) is 16.4 Å². The standard InChI is InChI=1S/C53H37NO/c1-53(2)47-14-7-5-13-45(47)52-48(53)15-9-16-49(52)54(43-28-29-51-46(33-43)44-12-6-8-17-50(44)55-51)42-26-24-35(25-27-42)37-20-21-40-32-41(23-22-39(40)31-37)38-19-18-34-10-3-4-11-36(34)30-38/h3-33H,1-2H3. The Kier molecular flexibility index (Phi) is 6.93. The lowest BCUT2D eigenvalue weighted by Gasteiger charge is -2.29. The molecule has 0 saturated heterocycles. The first-order valence-corrected chi connectivity index (χ1v) is 19.1. The Balaban J connectivity index is 1.01. The molecule has 9 aromatic carbocycles. The van der Waals surface area contributed by atoms with Crippen LogP contribution in [0.3, 0.4) is 0 Å². The molecule has 10 aromatic rings. The molecule has 1 heterocycles. The molecule has 55 heavy (non-hydrogen) atoms. The quantitative estimate of drug-likeness (QED) is 0.177. The van der Waals surface area contributed by atoms with E-state index in [2.05, 4.69) is 195 Å². The Morgan fingerprint density at radius 3 is 1.75 bits per heavy atom. The molecule has 0 amide bonds. The third kappa shape index (κ3) is 5.02. The highest BCUT2D eigenvalue weighted by Crippen LogP contribution is 2.54. The highest BCUT2D eigenvalue weighted by molar-refractivity contribution is 6.07. The average Bonchev–Trinajstić information content (AvgIpc) is 3.72. The second-order valence-corrected chi connectivity index (χ2v) is 15.4. The molecule has 0 bridgehead atoms. The van der Waals surface area contributed by atoms with Crippen molar-refractivity contribution in [3.8, 4) is 33.4 Å². The number of fused-ring (bicyclic) bond motifs is 8. The molecule has 0 saturated carbocycles. The maximum atomic E-state index is 6.27. The van der Waals surface area contributed by atoms with Crippen molar-refractivity contribution in [2.24, 2.45) is 0 Å². The van der Waals surface area contributed by atoms with E-state index in [4.69, 9.17) is 4.42 Å². The fourth-order valence-electron chi connectivity index (χ4n) is 8.98. The number of para-hydroxylation sites is 1. The number of hydrogen-bond acceptors (Lipinski definition) is 2. The highest BCUT2D eigenvalue weighted by Gasteiger charge is 2.37. The number of furan rings is 1. The lowest BCUT2D eigenvalue weighted by atomic mass is 9.82. The lowest BCUT2D eigenvalue weighted by Crippen LogP contribution is -2.16. The van der Waals surface area contributed by atoms with E-state index in [1.165, 1.54) is 71.7 Å². The van der Waals surface area contributed by atoms with Crippen molar-refractivity contribution in [2.45, 2.75) is 19.3 Å². The van der Waals surface area contributed by atoms with Gasteiger partial charge in [0.2, 0.25) is 0 Å². The van der Waals surface area contributed by atoms with Gasteiger partial charge in [-0.15, -0.1) is 0 Å². The number of hydrogen-bond donors (Lipinski definition) is 0. The van der Waals surface area contributed by atoms with Crippen LogP contribution in [0.25, 0.3) is 76.9 Å². The van der Waals surface area contributed by atoms with Crippen molar-refractivity contribution in [3.63, 3.8) is 0 Å². The summed E-state index contributed by atoms with van der Waals surface area (Å²) in [6, 6.07) is 68.6. The molecule has 0 spiro atoms. The molecule has 1 aliphatic rings. The van der Waals surface area contributed by atoms with Crippen LogP contribution in [-0.4, -0.2) is 0 Å². The highest BCUT2D eigenvalue weighted by atomic mass is 16.3. The van der Waals surface area contributed by atoms with Crippen LogP contribution in [-0.2, 0) is 5.41 Å². The van der Waals surface area contributed by atoms with E-state index < -0.39 is 0 Å². The van der Waals surface area contributed by atoms with Crippen LogP contribution in [0.5, 0.6) is 0 Å². The lowest BCUT2D eigenvalue weighted by molar-refractivity contribution is 0.660. The summed E-state index contributed by atoms with van der Waals surface area (Å²) in [5, 5.41) is 7.23. The van der Waals surface area contributed by atoms with Gasteiger partial charge in [-0.3, -0.25) is 0 Å². The third-order valence-electron chi connectivity index (χ3n) is 11.8. The van der Waals surface area contributed by atoms with Gasteiger partial charge in [-0.25, -0.2) is 0 Å². The predicted molar refractivity (Wildman–Crippen MR) is 232 cm³/mol. The largest absolute Gasteiger partial charge is 0.456 e. The molecular weight excluding hydrogens is 667 g/mol. The van der Waals surface area contributed by atoms with E-state index in [0.29, 0.717) is 0 Å². The first kappa shape index (κ1) is 31.6. The van der Waals surface area contributed by atoms with Gasteiger partial charge in [-0.2, -0.15) is 0 Å². The Hall–Kier alpha value is -6.90. The zero-order valence-corrected chi connectivity index (χ0v) is 30.8. The van der Waals surface area contributed by atoms with Crippen molar-refractivity contribution in [3.05, 3.63) is 199 Å². The number of anilines is 3. The fourth-order valence-corrected chi connectivity index (χ4v) is 8.98. The minimum atomic E-state index is -0.103. The van der Waals surface area contributed by atoms with E-state index in [-0.39, 0.29) is 5.41 Å². The first-order chi connectivity index (χ1) is 27.0. The van der Waals surface area contributed by atoms with Gasteiger partial charge in [0.1, 0.15) is 11.2 Å². The Bertz CT molecular complexity index is 3130. The Labute approximate surface area is 320 Å². The fraction of sp³-hybridized carbons (Fsp3) is 0.0566. The molecule has 0 fully saturated rings. The predicted octanol–water partition coefficient (Wildman–Crippen LogP) is 15.0. The molecule has 0 atom stereocenters. The molecule has 11 rings (SSSR count). The van der Waals surface area contributed by atoms with Gasteiger partial charge in [0.25, 0.3) is 0 Å². The van der Waals surface area contributed by atoms with Gasteiger partial charge in [0.15, 0.2) is 0 Å². The molecule has 1 aromatic heterocycles. The van der Waals surface area contributed by atoms with Crippen molar-refractivity contribution < 1.29 is 4.42 Å². The maximum Gasteiger partial charge on any atom is 0.135 e. The van der Waals surface area contributed by atoms with Crippen LogP contribution in [0.1, 0.15) is 25.0 Å². The van der Waals surface area contributed by atoms with Crippen LogP contribution in [0, 0.1) is 0 Å². The van der Waals surface area contributed by atoms with Gasteiger partial charge in [0.05, 0.1) is 5.69 Å². The zero-order valence-electron chi connectivity index (χ0n) is 30.8. The number of nitrogens with zero attached hydrogens (tertiary/aromatic N) is 1. The minimum absolute atomic E-state index is 0.103. The van der Waals surface area contributed by atoms with Crippen molar-refractivity contribution >= 4 is 60.5 Å². The summed E-state index contributed by atoms with van der Waals surface area (Å²) in [6.07, 6.45) is 0. The van der Waals surface area contributed by atoms with Crippen LogP contribution in [0.2, 0.25) is 0 Å². The normalized spacial score (nSPS) is 13.1. The number of rotatable bonds is 5. The molecule has 2 nitrogen and oxygen atoms in total. The monoisotopic (exact) mass is 703 g/mol. The smallest absolute Gasteiger partial charge is 0.135 e. The summed E-state index contributed by atoms with van der Waals surface area (Å²) in [5.74, 6) is 0. The Morgan fingerprint density at radius 2 is 0.964 bits per heavy atom.